The first-order valence-electron chi connectivity index (χ1n) is 6.00. The number of hydrogen-bond donors (Lipinski definition) is 0. The fraction of sp³-hybridized carbons (Fsp3) is 1.00. The highest BCUT2D eigenvalue weighted by molar-refractivity contribution is 4.85. The second kappa shape index (κ2) is 5.13. The van der Waals surface area contributed by atoms with Crippen LogP contribution in [0.4, 0.5) is 0 Å². The molecule has 1 aliphatic rings. The van der Waals surface area contributed by atoms with Gasteiger partial charge in [-0.3, -0.25) is 4.90 Å². The molecule has 2 heteroatoms. The van der Waals surface area contributed by atoms with Crippen LogP contribution in [0.1, 0.15) is 34.1 Å². The van der Waals surface area contributed by atoms with Gasteiger partial charge in [0, 0.05) is 25.2 Å². The van der Waals surface area contributed by atoms with Crippen LogP contribution >= 0.6 is 0 Å². The Bertz CT molecular complexity index is 168. The lowest BCUT2D eigenvalue weighted by Gasteiger charge is -2.29. The van der Waals surface area contributed by atoms with E-state index in [1.165, 1.54) is 26.1 Å². The van der Waals surface area contributed by atoms with Crippen molar-refractivity contribution in [1.29, 1.82) is 0 Å². The summed E-state index contributed by atoms with van der Waals surface area (Å²) in [5.41, 5.74) is 0. The highest BCUT2D eigenvalue weighted by atomic mass is 15.3. The molecule has 1 saturated heterocycles. The van der Waals surface area contributed by atoms with Crippen LogP contribution in [0.3, 0.4) is 0 Å². The molecule has 0 saturated carbocycles. The molecule has 0 N–H and O–H groups in total. The van der Waals surface area contributed by atoms with Crippen molar-refractivity contribution >= 4 is 0 Å². The van der Waals surface area contributed by atoms with Gasteiger partial charge in [-0.05, 0) is 32.9 Å². The molecule has 1 rings (SSSR count). The second-order valence-corrected chi connectivity index (χ2v) is 5.00. The molecule has 0 spiro atoms. The van der Waals surface area contributed by atoms with Crippen LogP contribution in [0.5, 0.6) is 0 Å². The summed E-state index contributed by atoms with van der Waals surface area (Å²) in [6, 6.07) is 1.53. The molecule has 0 amide bonds. The molecule has 2 atom stereocenters. The average molecular weight is 198 g/mol. The molecule has 0 aromatic heterocycles. The van der Waals surface area contributed by atoms with Gasteiger partial charge in [0.2, 0.25) is 0 Å². The van der Waals surface area contributed by atoms with Crippen molar-refractivity contribution in [1.82, 2.24) is 9.80 Å². The first-order valence-corrected chi connectivity index (χ1v) is 6.00. The zero-order valence-corrected chi connectivity index (χ0v) is 10.5. The maximum absolute atomic E-state index is 2.64. The molecule has 1 aliphatic heterocycles. The quantitative estimate of drug-likeness (QED) is 0.682. The van der Waals surface area contributed by atoms with E-state index in [0.717, 1.165) is 18.0 Å². The fourth-order valence-corrected chi connectivity index (χ4v) is 2.18. The predicted octanol–water partition coefficient (Wildman–Crippen LogP) is 2.06. The molecule has 0 aromatic carbocycles. The van der Waals surface area contributed by atoms with Gasteiger partial charge < -0.3 is 4.90 Å². The molecule has 0 bridgehead atoms. The summed E-state index contributed by atoms with van der Waals surface area (Å²) in [6.07, 6.45) is 1.35. The number of nitrogens with zero attached hydrogens (tertiary/aromatic N) is 2. The summed E-state index contributed by atoms with van der Waals surface area (Å²) in [6.45, 7) is 13.0. The third-order valence-electron chi connectivity index (χ3n) is 3.86. The lowest BCUT2D eigenvalue weighted by Crippen LogP contribution is -2.39. The normalized spacial score (nSPS) is 26.4. The lowest BCUT2D eigenvalue weighted by atomic mass is 10.1. The van der Waals surface area contributed by atoms with E-state index in [9.17, 15) is 0 Å². The number of likely N-dealkylation sites (N-methyl/N-ethyl adjacent to an activating group) is 1. The largest absolute Gasteiger partial charge is 0.302 e. The van der Waals surface area contributed by atoms with Gasteiger partial charge in [-0.2, -0.15) is 0 Å². The Morgan fingerprint density at radius 3 is 2.50 bits per heavy atom. The number of likely N-dealkylation sites (tertiary alicyclic amines) is 1. The van der Waals surface area contributed by atoms with Crippen LogP contribution in [0, 0.1) is 5.92 Å². The molecule has 1 heterocycles. The van der Waals surface area contributed by atoms with E-state index in [0.29, 0.717) is 0 Å². The summed E-state index contributed by atoms with van der Waals surface area (Å²) in [4.78, 5) is 5.12. The van der Waals surface area contributed by atoms with Crippen molar-refractivity contribution in [3.8, 4) is 0 Å². The van der Waals surface area contributed by atoms with Crippen molar-refractivity contribution in [2.24, 2.45) is 5.92 Å². The van der Waals surface area contributed by atoms with Crippen LogP contribution in [-0.2, 0) is 0 Å². The molecule has 1 fully saturated rings. The van der Waals surface area contributed by atoms with Crippen molar-refractivity contribution in [2.45, 2.75) is 46.2 Å². The van der Waals surface area contributed by atoms with E-state index in [2.05, 4.69) is 44.5 Å². The van der Waals surface area contributed by atoms with Crippen LogP contribution in [0.15, 0.2) is 0 Å². The fourth-order valence-electron chi connectivity index (χ4n) is 2.18. The zero-order valence-electron chi connectivity index (χ0n) is 10.5. The van der Waals surface area contributed by atoms with Crippen LogP contribution in [-0.4, -0.2) is 48.6 Å². The van der Waals surface area contributed by atoms with Gasteiger partial charge in [0.15, 0.2) is 0 Å². The second-order valence-electron chi connectivity index (χ2n) is 5.00. The minimum atomic E-state index is 0.741. The van der Waals surface area contributed by atoms with Gasteiger partial charge in [-0.1, -0.05) is 20.8 Å². The van der Waals surface area contributed by atoms with Gasteiger partial charge in [0.25, 0.3) is 0 Å². The van der Waals surface area contributed by atoms with E-state index < -0.39 is 0 Å². The molecular formula is C12H26N2. The SMILES string of the molecule is CCN(C)C1CCN(C(C)C(C)C)C1. The van der Waals surface area contributed by atoms with Crippen molar-refractivity contribution in [3.63, 3.8) is 0 Å². The topological polar surface area (TPSA) is 6.48 Å². The summed E-state index contributed by atoms with van der Waals surface area (Å²) in [5.74, 6) is 0.778. The number of hydrogen-bond acceptors (Lipinski definition) is 2. The predicted molar refractivity (Wildman–Crippen MR) is 62.6 cm³/mol. The Balaban J connectivity index is 2.41. The Hall–Kier alpha value is -0.0800. The average Bonchev–Trinajstić information content (AvgIpc) is 2.64. The molecule has 84 valence electrons. The van der Waals surface area contributed by atoms with E-state index in [4.69, 9.17) is 0 Å². The van der Waals surface area contributed by atoms with Gasteiger partial charge in [0.1, 0.15) is 0 Å². The van der Waals surface area contributed by atoms with Gasteiger partial charge >= 0.3 is 0 Å². The van der Waals surface area contributed by atoms with Crippen molar-refractivity contribution in [3.05, 3.63) is 0 Å². The van der Waals surface area contributed by atoms with Crippen molar-refractivity contribution in [2.75, 3.05) is 26.7 Å². The van der Waals surface area contributed by atoms with E-state index in [1.807, 2.05) is 0 Å². The first kappa shape index (κ1) is 12.0. The summed E-state index contributed by atoms with van der Waals surface area (Å²) >= 11 is 0. The molecular weight excluding hydrogens is 172 g/mol. The van der Waals surface area contributed by atoms with Crippen LogP contribution in [0.2, 0.25) is 0 Å². The van der Waals surface area contributed by atoms with Gasteiger partial charge in [0.05, 0.1) is 0 Å². The highest BCUT2D eigenvalue weighted by Crippen LogP contribution is 2.20. The zero-order chi connectivity index (χ0) is 10.7. The standard InChI is InChI=1S/C12H26N2/c1-6-13(5)12-7-8-14(9-12)11(4)10(2)3/h10-12H,6-9H2,1-5H3. The Kier molecular flexibility index (Phi) is 4.39. The van der Waals surface area contributed by atoms with Crippen molar-refractivity contribution < 1.29 is 0 Å². The monoisotopic (exact) mass is 198 g/mol. The molecule has 2 nitrogen and oxygen atoms in total. The Labute approximate surface area is 89.3 Å². The molecule has 2 unspecified atom stereocenters. The summed E-state index contributed by atoms with van der Waals surface area (Å²) in [5, 5.41) is 0. The molecule has 14 heavy (non-hydrogen) atoms. The number of rotatable bonds is 4. The molecule has 0 aromatic rings. The maximum atomic E-state index is 2.64. The smallest absolute Gasteiger partial charge is 0.0232 e. The van der Waals surface area contributed by atoms with E-state index in [1.54, 1.807) is 0 Å². The Morgan fingerprint density at radius 1 is 1.36 bits per heavy atom. The minimum Gasteiger partial charge on any atom is -0.302 e. The summed E-state index contributed by atoms with van der Waals surface area (Å²) in [7, 11) is 2.24. The third-order valence-corrected chi connectivity index (χ3v) is 3.86. The lowest BCUT2D eigenvalue weighted by molar-refractivity contribution is 0.182. The molecule has 0 radical (unpaired) electrons. The van der Waals surface area contributed by atoms with E-state index in [-0.39, 0.29) is 0 Å². The molecule has 0 aliphatic carbocycles. The van der Waals surface area contributed by atoms with Gasteiger partial charge in [-0.25, -0.2) is 0 Å². The highest BCUT2D eigenvalue weighted by Gasteiger charge is 2.28. The van der Waals surface area contributed by atoms with Gasteiger partial charge in [-0.15, -0.1) is 0 Å². The van der Waals surface area contributed by atoms with Crippen LogP contribution in [0.25, 0.3) is 0 Å². The van der Waals surface area contributed by atoms with E-state index >= 15 is 0 Å². The third kappa shape index (κ3) is 2.71. The van der Waals surface area contributed by atoms with Crippen LogP contribution < -0.4 is 0 Å². The Morgan fingerprint density at radius 2 is 2.00 bits per heavy atom. The first-order chi connectivity index (χ1) is 6.56. The summed E-state index contributed by atoms with van der Waals surface area (Å²) < 4.78 is 0. The minimum absolute atomic E-state index is 0.741. The maximum Gasteiger partial charge on any atom is 0.0232 e.